The topological polar surface area (TPSA) is 46.6 Å². The number of piperidine rings is 1. The number of rotatable bonds is 2. The van der Waals surface area contributed by atoms with E-state index in [-0.39, 0.29) is 23.5 Å². The Hall–Kier alpha value is -1.06. The minimum Gasteiger partial charge on any atom is -0.444 e. The molecule has 1 aliphatic heterocycles. The summed E-state index contributed by atoms with van der Waals surface area (Å²) >= 11 is 0. The summed E-state index contributed by atoms with van der Waals surface area (Å²) in [5.41, 5.74) is -0.819. The molecule has 2 unspecified atom stereocenters. The zero-order valence-corrected chi connectivity index (χ0v) is 13.4. The van der Waals surface area contributed by atoms with Crippen molar-refractivity contribution in [1.82, 2.24) is 4.90 Å². The number of hydrogen-bond acceptors (Lipinski definition) is 3. The molecule has 4 heteroatoms. The van der Waals surface area contributed by atoms with Crippen molar-refractivity contribution in [2.75, 3.05) is 6.54 Å². The van der Waals surface area contributed by atoms with Crippen LogP contribution in [-0.2, 0) is 9.53 Å². The monoisotopic (exact) mass is 281 g/mol. The van der Waals surface area contributed by atoms with Gasteiger partial charge in [-0.2, -0.15) is 0 Å². The quantitative estimate of drug-likeness (QED) is 0.779. The van der Waals surface area contributed by atoms with Crippen molar-refractivity contribution in [3.63, 3.8) is 0 Å². The Bertz CT molecular complexity index is 406. The van der Waals surface area contributed by atoms with Gasteiger partial charge in [0.1, 0.15) is 11.4 Å². The van der Waals surface area contributed by atoms with Crippen LogP contribution in [0.4, 0.5) is 4.79 Å². The molecule has 1 heterocycles. The van der Waals surface area contributed by atoms with Crippen LogP contribution < -0.4 is 0 Å². The Morgan fingerprint density at radius 2 is 1.95 bits per heavy atom. The van der Waals surface area contributed by atoms with Crippen LogP contribution in [0.3, 0.4) is 0 Å². The lowest BCUT2D eigenvalue weighted by atomic mass is 9.51. The number of fused-ring (bicyclic) bond motifs is 1. The predicted molar refractivity (Wildman–Crippen MR) is 77.5 cm³/mol. The first-order chi connectivity index (χ1) is 9.27. The van der Waals surface area contributed by atoms with Crippen LogP contribution in [0.5, 0.6) is 0 Å². The Morgan fingerprint density at radius 3 is 2.45 bits per heavy atom. The molecule has 0 aromatic heterocycles. The molecular weight excluding hydrogens is 254 g/mol. The van der Waals surface area contributed by atoms with Crippen LogP contribution in [0.25, 0.3) is 0 Å². The SMILES string of the molecule is CCC1(CC)C(=O)C2CCCN(C(=O)OC(C)(C)C)C21. The fourth-order valence-electron chi connectivity index (χ4n) is 3.91. The summed E-state index contributed by atoms with van der Waals surface area (Å²) in [5, 5.41) is 0. The van der Waals surface area contributed by atoms with Gasteiger partial charge >= 0.3 is 6.09 Å². The van der Waals surface area contributed by atoms with Gasteiger partial charge < -0.3 is 9.64 Å². The summed E-state index contributed by atoms with van der Waals surface area (Å²) < 4.78 is 5.52. The third kappa shape index (κ3) is 2.23. The molecule has 1 saturated heterocycles. The van der Waals surface area contributed by atoms with Crippen LogP contribution in [0, 0.1) is 11.3 Å². The van der Waals surface area contributed by atoms with Gasteiger partial charge in [-0.15, -0.1) is 0 Å². The molecule has 1 amide bonds. The van der Waals surface area contributed by atoms with E-state index >= 15 is 0 Å². The van der Waals surface area contributed by atoms with Crippen molar-refractivity contribution < 1.29 is 14.3 Å². The Balaban J connectivity index is 2.21. The summed E-state index contributed by atoms with van der Waals surface area (Å²) in [6.45, 7) is 10.5. The smallest absolute Gasteiger partial charge is 0.410 e. The molecule has 1 saturated carbocycles. The molecular formula is C16H27NO3. The van der Waals surface area contributed by atoms with E-state index in [0.29, 0.717) is 12.3 Å². The molecule has 1 aliphatic carbocycles. The second-order valence-electron chi connectivity index (χ2n) is 7.09. The van der Waals surface area contributed by atoms with E-state index in [2.05, 4.69) is 13.8 Å². The maximum absolute atomic E-state index is 12.5. The van der Waals surface area contributed by atoms with Crippen LogP contribution in [0.1, 0.15) is 60.3 Å². The largest absolute Gasteiger partial charge is 0.444 e. The molecule has 4 nitrogen and oxygen atoms in total. The van der Waals surface area contributed by atoms with Gasteiger partial charge in [0, 0.05) is 12.5 Å². The minimum atomic E-state index is -0.487. The first-order valence-corrected chi connectivity index (χ1v) is 7.80. The Labute approximate surface area is 121 Å². The zero-order valence-electron chi connectivity index (χ0n) is 13.4. The van der Waals surface area contributed by atoms with Crippen molar-refractivity contribution >= 4 is 11.9 Å². The highest BCUT2D eigenvalue weighted by Crippen LogP contribution is 2.53. The molecule has 0 aromatic rings. The van der Waals surface area contributed by atoms with E-state index in [1.165, 1.54) is 0 Å². The summed E-state index contributed by atoms with van der Waals surface area (Å²) in [4.78, 5) is 26.7. The van der Waals surface area contributed by atoms with Crippen molar-refractivity contribution in [3.8, 4) is 0 Å². The molecule has 2 aliphatic rings. The molecule has 0 N–H and O–H groups in total. The van der Waals surface area contributed by atoms with Crippen molar-refractivity contribution in [2.24, 2.45) is 11.3 Å². The van der Waals surface area contributed by atoms with Gasteiger partial charge in [-0.25, -0.2) is 4.79 Å². The van der Waals surface area contributed by atoms with Crippen molar-refractivity contribution in [3.05, 3.63) is 0 Å². The number of hydrogen-bond donors (Lipinski definition) is 0. The van der Waals surface area contributed by atoms with Crippen LogP contribution >= 0.6 is 0 Å². The second-order valence-corrected chi connectivity index (χ2v) is 7.09. The van der Waals surface area contributed by atoms with Crippen LogP contribution in [-0.4, -0.2) is 35.0 Å². The molecule has 114 valence electrons. The van der Waals surface area contributed by atoms with E-state index in [9.17, 15) is 9.59 Å². The zero-order chi connectivity index (χ0) is 15.1. The van der Waals surface area contributed by atoms with E-state index in [1.807, 2.05) is 25.7 Å². The average Bonchev–Trinajstić information content (AvgIpc) is 2.37. The van der Waals surface area contributed by atoms with E-state index < -0.39 is 5.60 Å². The van der Waals surface area contributed by atoms with E-state index in [1.54, 1.807) is 0 Å². The average molecular weight is 281 g/mol. The molecule has 20 heavy (non-hydrogen) atoms. The standard InChI is InChI=1S/C16H27NO3/c1-6-16(7-2)12-11(13(16)18)9-8-10-17(12)14(19)20-15(3,4)5/h11-12H,6-10H2,1-5H3. The fraction of sp³-hybridized carbons (Fsp3) is 0.875. The minimum absolute atomic E-state index is 0.0381. The summed E-state index contributed by atoms with van der Waals surface area (Å²) in [7, 11) is 0. The molecule has 2 fully saturated rings. The van der Waals surface area contributed by atoms with E-state index in [0.717, 1.165) is 25.7 Å². The Morgan fingerprint density at radius 1 is 1.35 bits per heavy atom. The first-order valence-electron chi connectivity index (χ1n) is 7.80. The van der Waals surface area contributed by atoms with Gasteiger partial charge in [0.25, 0.3) is 0 Å². The second kappa shape index (κ2) is 5.05. The number of nitrogens with zero attached hydrogens (tertiary/aromatic N) is 1. The highest BCUT2D eigenvalue weighted by atomic mass is 16.6. The summed E-state index contributed by atoms with van der Waals surface area (Å²) in [5.74, 6) is 0.400. The number of carbonyl (C=O) groups is 2. The van der Waals surface area contributed by atoms with Gasteiger partial charge in [0.2, 0.25) is 0 Å². The predicted octanol–water partition coefficient (Wildman–Crippen LogP) is 3.39. The van der Waals surface area contributed by atoms with Crippen LogP contribution in [0.2, 0.25) is 0 Å². The van der Waals surface area contributed by atoms with Gasteiger partial charge in [-0.1, -0.05) is 13.8 Å². The highest BCUT2D eigenvalue weighted by molar-refractivity contribution is 5.96. The lowest BCUT2D eigenvalue weighted by Gasteiger charge is -2.59. The number of carbonyl (C=O) groups excluding carboxylic acids is 2. The number of ketones is 1. The van der Waals surface area contributed by atoms with Gasteiger partial charge in [-0.3, -0.25) is 4.79 Å². The maximum Gasteiger partial charge on any atom is 0.410 e. The van der Waals surface area contributed by atoms with Crippen molar-refractivity contribution in [1.29, 1.82) is 0 Å². The highest BCUT2D eigenvalue weighted by Gasteiger charge is 2.63. The molecule has 0 aromatic carbocycles. The number of ether oxygens (including phenoxy) is 1. The van der Waals surface area contributed by atoms with E-state index in [4.69, 9.17) is 4.74 Å². The number of Topliss-reactive ketones (excluding diaryl/α,β-unsaturated/α-hetero) is 1. The summed E-state index contributed by atoms with van der Waals surface area (Å²) in [6, 6.07) is 0.0496. The maximum atomic E-state index is 12.5. The lowest BCUT2D eigenvalue weighted by Crippen LogP contribution is -2.71. The lowest BCUT2D eigenvalue weighted by molar-refractivity contribution is -0.166. The molecule has 0 radical (unpaired) electrons. The third-order valence-corrected chi connectivity index (χ3v) is 4.91. The molecule has 0 spiro atoms. The normalized spacial score (nSPS) is 28.6. The first kappa shape index (κ1) is 15.3. The molecule has 2 rings (SSSR count). The van der Waals surface area contributed by atoms with Gasteiger partial charge in [0.15, 0.2) is 0 Å². The molecule has 0 bridgehead atoms. The van der Waals surface area contributed by atoms with Crippen LogP contribution in [0.15, 0.2) is 0 Å². The fourth-order valence-corrected chi connectivity index (χ4v) is 3.91. The Kier molecular flexibility index (Phi) is 3.87. The summed E-state index contributed by atoms with van der Waals surface area (Å²) in [6.07, 6.45) is 3.18. The number of amides is 1. The van der Waals surface area contributed by atoms with Crippen molar-refractivity contribution in [2.45, 2.75) is 71.9 Å². The van der Waals surface area contributed by atoms with Gasteiger partial charge in [0.05, 0.1) is 11.5 Å². The number of likely N-dealkylation sites (tertiary alicyclic amines) is 1. The third-order valence-electron chi connectivity index (χ3n) is 4.91. The van der Waals surface area contributed by atoms with Gasteiger partial charge in [-0.05, 0) is 46.5 Å². The molecule has 2 atom stereocenters.